The molecule has 5 aromatic rings. The molecule has 0 radical (unpaired) electrons. The van der Waals surface area contributed by atoms with E-state index < -0.39 is 0 Å². The fraction of sp³-hybridized carbons (Fsp3) is 0.233. The van der Waals surface area contributed by atoms with Crippen LogP contribution in [0.3, 0.4) is 0 Å². The zero-order valence-corrected chi connectivity index (χ0v) is 22.6. The van der Waals surface area contributed by atoms with Crippen molar-refractivity contribution in [3.05, 3.63) is 77.7 Å². The molecule has 1 aliphatic carbocycles. The Morgan fingerprint density at radius 3 is 2.38 bits per heavy atom. The maximum absolute atomic E-state index is 13.4. The number of benzene rings is 3. The van der Waals surface area contributed by atoms with Crippen LogP contribution < -0.4 is 15.4 Å². The summed E-state index contributed by atoms with van der Waals surface area (Å²) < 4.78 is 6.21. The van der Waals surface area contributed by atoms with Crippen LogP contribution in [0.5, 0.6) is 5.75 Å². The Kier molecular flexibility index (Phi) is 6.44. The summed E-state index contributed by atoms with van der Waals surface area (Å²) in [5.41, 5.74) is 4.76. The highest BCUT2D eigenvalue weighted by Gasteiger charge is 2.30. The van der Waals surface area contributed by atoms with Crippen molar-refractivity contribution in [2.24, 2.45) is 5.92 Å². The topological polar surface area (TPSA) is 106 Å². The molecule has 1 fully saturated rings. The number of fused-ring (bicyclic) bond motifs is 2. The summed E-state index contributed by atoms with van der Waals surface area (Å²) in [6, 6.07) is 19.3. The van der Waals surface area contributed by atoms with Gasteiger partial charge in [0.15, 0.2) is 5.13 Å². The van der Waals surface area contributed by atoms with E-state index in [2.05, 4.69) is 31.7 Å². The summed E-state index contributed by atoms with van der Waals surface area (Å²) in [5.74, 6) is 1.20. The number of aromatic nitrogens is 3. The van der Waals surface area contributed by atoms with Crippen molar-refractivity contribution >= 4 is 49.4 Å². The highest BCUT2D eigenvalue weighted by molar-refractivity contribution is 7.22. The third-order valence-corrected chi connectivity index (χ3v) is 7.82. The lowest BCUT2D eigenvalue weighted by Crippen LogP contribution is -2.28. The van der Waals surface area contributed by atoms with Gasteiger partial charge in [-0.25, -0.2) is 15.0 Å². The quantitative estimate of drug-likeness (QED) is 0.261. The molecule has 39 heavy (non-hydrogen) atoms. The number of methoxy groups -OCH3 is 1. The van der Waals surface area contributed by atoms with Gasteiger partial charge < -0.3 is 15.4 Å². The zero-order chi connectivity index (χ0) is 27.1. The average Bonchev–Trinajstić information content (AvgIpc) is 3.72. The molecular formula is C30H27N5O3S. The van der Waals surface area contributed by atoms with E-state index in [9.17, 15) is 9.59 Å². The molecule has 196 valence electrons. The third-order valence-electron chi connectivity index (χ3n) is 6.89. The molecule has 1 saturated carbocycles. The van der Waals surface area contributed by atoms with Crippen LogP contribution >= 0.6 is 11.3 Å². The van der Waals surface area contributed by atoms with Crippen LogP contribution in [0.15, 0.2) is 60.7 Å². The number of anilines is 1. The van der Waals surface area contributed by atoms with Crippen molar-refractivity contribution in [2.75, 3.05) is 12.4 Å². The number of amides is 2. The Morgan fingerprint density at radius 2 is 1.67 bits per heavy atom. The second kappa shape index (κ2) is 10.1. The van der Waals surface area contributed by atoms with Crippen LogP contribution in [-0.4, -0.2) is 33.9 Å². The van der Waals surface area contributed by atoms with E-state index in [1.54, 1.807) is 14.0 Å². The predicted octanol–water partition coefficient (Wildman–Crippen LogP) is 6.06. The number of hydrogen-bond donors (Lipinski definition) is 2. The molecular weight excluding hydrogens is 510 g/mol. The molecule has 3 aromatic carbocycles. The van der Waals surface area contributed by atoms with Gasteiger partial charge in [0.25, 0.3) is 5.91 Å². The number of carbonyl (C=O) groups is 2. The van der Waals surface area contributed by atoms with Crippen LogP contribution in [0.4, 0.5) is 5.13 Å². The lowest BCUT2D eigenvalue weighted by Gasteiger charge is -2.16. The van der Waals surface area contributed by atoms with Crippen molar-refractivity contribution in [1.82, 2.24) is 20.3 Å². The largest absolute Gasteiger partial charge is 0.497 e. The smallest absolute Gasteiger partial charge is 0.271 e. The minimum absolute atomic E-state index is 0.0474. The SMILES string of the molecule is COc1ccc([C@H](C)NC(=O)c2nc(C)nc3ccc(-c4ccc5nc(NC(=O)C6CC6)sc5c4)cc23)cc1. The van der Waals surface area contributed by atoms with Crippen molar-refractivity contribution in [3.8, 4) is 16.9 Å². The number of thiazole rings is 1. The van der Waals surface area contributed by atoms with Crippen LogP contribution in [0.25, 0.3) is 32.2 Å². The van der Waals surface area contributed by atoms with Crippen LogP contribution in [0, 0.1) is 12.8 Å². The molecule has 0 spiro atoms. The first-order valence-electron chi connectivity index (χ1n) is 12.8. The van der Waals surface area contributed by atoms with Gasteiger partial charge in [-0.1, -0.05) is 35.6 Å². The normalized spacial score (nSPS) is 13.8. The summed E-state index contributed by atoms with van der Waals surface area (Å²) in [7, 11) is 1.62. The molecule has 1 aliphatic rings. The number of nitrogens with one attached hydrogen (secondary N) is 2. The molecule has 2 aromatic heterocycles. The van der Waals surface area contributed by atoms with Crippen LogP contribution in [0.2, 0.25) is 0 Å². The number of carbonyl (C=O) groups excluding carboxylic acids is 2. The number of aryl methyl sites for hydroxylation is 1. The minimum Gasteiger partial charge on any atom is -0.497 e. The summed E-state index contributed by atoms with van der Waals surface area (Å²) in [5, 5.41) is 7.31. The van der Waals surface area contributed by atoms with Gasteiger partial charge >= 0.3 is 0 Å². The Labute approximate surface area is 229 Å². The van der Waals surface area contributed by atoms with Crippen molar-refractivity contribution < 1.29 is 14.3 Å². The standard InChI is InChI=1S/C30H27N5O3S/c1-16(18-6-10-22(38-3)11-7-18)31-29(37)27-23-14-20(8-12-24(23)32-17(2)33-27)21-9-13-25-26(15-21)39-30(34-25)35-28(36)19-4-5-19/h6-16,19H,4-5H2,1-3H3,(H,31,37)(H,34,35,36)/t16-/m0/s1. The van der Waals surface area contributed by atoms with Gasteiger partial charge in [-0.2, -0.15) is 0 Å². The van der Waals surface area contributed by atoms with E-state index in [4.69, 9.17) is 4.74 Å². The molecule has 0 bridgehead atoms. The molecule has 2 N–H and O–H groups in total. The highest BCUT2D eigenvalue weighted by atomic mass is 32.1. The fourth-order valence-electron chi connectivity index (χ4n) is 4.55. The van der Waals surface area contributed by atoms with Gasteiger partial charge in [0.1, 0.15) is 17.3 Å². The molecule has 6 rings (SSSR count). The molecule has 1 atom stereocenters. The Morgan fingerprint density at radius 1 is 0.949 bits per heavy atom. The molecule has 9 heteroatoms. The summed E-state index contributed by atoms with van der Waals surface area (Å²) in [6.07, 6.45) is 1.90. The molecule has 8 nitrogen and oxygen atoms in total. The Bertz CT molecular complexity index is 1730. The zero-order valence-electron chi connectivity index (χ0n) is 21.8. The van der Waals surface area contributed by atoms with Crippen LogP contribution in [0.1, 0.15) is 47.7 Å². The maximum atomic E-state index is 13.4. The molecule has 0 aliphatic heterocycles. The fourth-order valence-corrected chi connectivity index (χ4v) is 5.46. The number of rotatable bonds is 7. The maximum Gasteiger partial charge on any atom is 0.271 e. The predicted molar refractivity (Wildman–Crippen MR) is 153 cm³/mol. The van der Waals surface area contributed by atoms with E-state index in [1.165, 1.54) is 11.3 Å². The van der Waals surface area contributed by atoms with Gasteiger partial charge in [0.05, 0.1) is 28.9 Å². The highest BCUT2D eigenvalue weighted by Crippen LogP contribution is 2.34. The first kappa shape index (κ1) is 24.9. The minimum atomic E-state index is -0.264. The molecule has 2 heterocycles. The number of hydrogen-bond acceptors (Lipinski definition) is 7. The lowest BCUT2D eigenvalue weighted by atomic mass is 10.0. The van der Waals surface area contributed by atoms with Crippen molar-refractivity contribution in [1.29, 1.82) is 0 Å². The van der Waals surface area contributed by atoms with E-state index in [1.807, 2.05) is 61.5 Å². The van der Waals surface area contributed by atoms with Gasteiger partial charge in [-0.05, 0) is 79.8 Å². The van der Waals surface area contributed by atoms with Gasteiger partial charge in [0.2, 0.25) is 5.91 Å². The van der Waals surface area contributed by atoms with E-state index in [0.717, 1.165) is 45.5 Å². The van der Waals surface area contributed by atoms with Gasteiger partial charge in [-0.15, -0.1) is 0 Å². The molecule has 0 unspecified atom stereocenters. The lowest BCUT2D eigenvalue weighted by molar-refractivity contribution is -0.117. The monoisotopic (exact) mass is 537 g/mol. The number of nitrogens with zero attached hydrogens (tertiary/aromatic N) is 3. The van der Waals surface area contributed by atoms with E-state index in [-0.39, 0.29) is 23.8 Å². The summed E-state index contributed by atoms with van der Waals surface area (Å²) in [4.78, 5) is 39.2. The van der Waals surface area contributed by atoms with Crippen LogP contribution in [-0.2, 0) is 4.79 Å². The average molecular weight is 538 g/mol. The van der Waals surface area contributed by atoms with Crippen molar-refractivity contribution in [2.45, 2.75) is 32.7 Å². The van der Waals surface area contributed by atoms with Gasteiger partial charge in [0, 0.05) is 11.3 Å². The van der Waals surface area contributed by atoms with Crippen molar-refractivity contribution in [3.63, 3.8) is 0 Å². The second-order valence-corrected chi connectivity index (χ2v) is 10.8. The first-order chi connectivity index (χ1) is 18.9. The summed E-state index contributed by atoms with van der Waals surface area (Å²) in [6.45, 7) is 3.72. The second-order valence-electron chi connectivity index (χ2n) is 9.78. The van der Waals surface area contributed by atoms with E-state index >= 15 is 0 Å². The Balaban J connectivity index is 1.30. The Hall–Kier alpha value is -4.37. The third kappa shape index (κ3) is 5.18. The summed E-state index contributed by atoms with van der Waals surface area (Å²) >= 11 is 1.46. The molecule has 2 amide bonds. The molecule has 0 saturated heterocycles. The van der Waals surface area contributed by atoms with E-state index in [0.29, 0.717) is 27.6 Å². The number of ether oxygens (including phenoxy) is 1. The first-order valence-corrected chi connectivity index (χ1v) is 13.6. The van der Waals surface area contributed by atoms with Gasteiger partial charge in [-0.3, -0.25) is 9.59 Å².